The van der Waals surface area contributed by atoms with E-state index in [9.17, 15) is 0 Å². The summed E-state index contributed by atoms with van der Waals surface area (Å²) in [6, 6.07) is 0. The second kappa shape index (κ2) is 2.49. The molecule has 1 aliphatic heterocycles. The normalized spacial score (nSPS) is 15.4. The Bertz CT molecular complexity index is 241. The van der Waals surface area contributed by atoms with Crippen LogP contribution in [0.4, 0.5) is 5.69 Å². The van der Waals surface area contributed by atoms with Crippen molar-refractivity contribution in [2.45, 2.75) is 12.8 Å². The van der Waals surface area contributed by atoms with Gasteiger partial charge >= 0.3 is 0 Å². The average Bonchev–Trinajstić information content (AvgIpc) is 2.47. The monoisotopic (exact) mass is 153 g/mol. The predicted molar refractivity (Wildman–Crippen MR) is 42.1 cm³/mol. The standard InChI is InChI=1S/C8H11NO2/c1-10-8-6-3-2-4-9-7(6)5-11-8/h5,9H,2-4H2,1H3. The number of hydrogen-bond donors (Lipinski definition) is 1. The van der Waals surface area contributed by atoms with Crippen molar-refractivity contribution in [1.82, 2.24) is 0 Å². The van der Waals surface area contributed by atoms with Crippen LogP contribution in [0.25, 0.3) is 0 Å². The Kier molecular flexibility index (Phi) is 1.49. The maximum Gasteiger partial charge on any atom is 0.289 e. The van der Waals surface area contributed by atoms with Crippen LogP contribution in [0.1, 0.15) is 12.0 Å². The highest BCUT2D eigenvalue weighted by Gasteiger charge is 2.16. The lowest BCUT2D eigenvalue weighted by molar-refractivity contribution is 0.301. The molecule has 0 unspecified atom stereocenters. The number of methoxy groups -OCH3 is 1. The van der Waals surface area contributed by atoms with Crippen molar-refractivity contribution in [3.8, 4) is 5.95 Å². The van der Waals surface area contributed by atoms with Crippen LogP contribution in [0.3, 0.4) is 0 Å². The second-order valence-corrected chi connectivity index (χ2v) is 2.65. The molecule has 0 bridgehead atoms. The van der Waals surface area contributed by atoms with Crippen LogP contribution in [0, 0.1) is 0 Å². The Morgan fingerprint density at radius 2 is 2.55 bits per heavy atom. The number of rotatable bonds is 1. The van der Waals surface area contributed by atoms with E-state index in [-0.39, 0.29) is 0 Å². The van der Waals surface area contributed by atoms with Crippen molar-refractivity contribution in [3.05, 3.63) is 11.8 Å². The number of anilines is 1. The predicted octanol–water partition coefficient (Wildman–Crippen LogP) is 1.65. The largest absolute Gasteiger partial charge is 0.468 e. The topological polar surface area (TPSA) is 34.4 Å². The van der Waals surface area contributed by atoms with Crippen LogP contribution < -0.4 is 10.1 Å². The zero-order valence-electron chi connectivity index (χ0n) is 6.52. The van der Waals surface area contributed by atoms with E-state index >= 15 is 0 Å². The molecule has 3 nitrogen and oxygen atoms in total. The van der Waals surface area contributed by atoms with Gasteiger partial charge < -0.3 is 14.5 Å². The van der Waals surface area contributed by atoms with Gasteiger partial charge in [-0.05, 0) is 12.8 Å². The van der Waals surface area contributed by atoms with Crippen LogP contribution in [0.15, 0.2) is 10.7 Å². The molecule has 1 aliphatic rings. The minimum Gasteiger partial charge on any atom is -0.468 e. The average molecular weight is 153 g/mol. The first-order valence-corrected chi connectivity index (χ1v) is 3.80. The van der Waals surface area contributed by atoms with Gasteiger partial charge in [0.1, 0.15) is 6.26 Å². The van der Waals surface area contributed by atoms with Crippen molar-refractivity contribution < 1.29 is 9.15 Å². The Labute approximate surface area is 65.3 Å². The zero-order chi connectivity index (χ0) is 7.68. The maximum atomic E-state index is 5.18. The van der Waals surface area contributed by atoms with Gasteiger partial charge in [-0.2, -0.15) is 0 Å². The molecule has 11 heavy (non-hydrogen) atoms. The summed E-state index contributed by atoms with van der Waals surface area (Å²) in [7, 11) is 1.63. The van der Waals surface area contributed by atoms with E-state index in [1.54, 1.807) is 13.4 Å². The van der Waals surface area contributed by atoms with Gasteiger partial charge in [-0.15, -0.1) is 0 Å². The van der Waals surface area contributed by atoms with E-state index in [0.29, 0.717) is 5.95 Å². The fourth-order valence-electron chi connectivity index (χ4n) is 1.41. The van der Waals surface area contributed by atoms with E-state index in [2.05, 4.69) is 5.32 Å². The highest BCUT2D eigenvalue weighted by molar-refractivity contribution is 5.55. The quantitative estimate of drug-likeness (QED) is 0.666. The summed E-state index contributed by atoms with van der Waals surface area (Å²) >= 11 is 0. The molecule has 0 saturated heterocycles. The fourth-order valence-corrected chi connectivity index (χ4v) is 1.41. The number of furan rings is 1. The highest BCUT2D eigenvalue weighted by Crippen LogP contribution is 2.32. The van der Waals surface area contributed by atoms with Crippen LogP contribution in [0.5, 0.6) is 5.95 Å². The molecule has 0 aliphatic carbocycles. The smallest absolute Gasteiger partial charge is 0.289 e. The first-order valence-electron chi connectivity index (χ1n) is 3.80. The SMILES string of the molecule is COc1occ2c1CCCN2. The van der Waals surface area contributed by atoms with Crippen molar-refractivity contribution in [2.24, 2.45) is 0 Å². The fraction of sp³-hybridized carbons (Fsp3) is 0.500. The molecule has 0 atom stereocenters. The van der Waals surface area contributed by atoms with Gasteiger partial charge in [-0.1, -0.05) is 0 Å². The van der Waals surface area contributed by atoms with Gasteiger partial charge in [-0.3, -0.25) is 0 Å². The summed E-state index contributed by atoms with van der Waals surface area (Å²) in [5.41, 5.74) is 2.27. The maximum absolute atomic E-state index is 5.18. The van der Waals surface area contributed by atoms with Crippen molar-refractivity contribution in [1.29, 1.82) is 0 Å². The molecule has 0 radical (unpaired) electrons. The molecular formula is C8H11NO2. The van der Waals surface area contributed by atoms with E-state index < -0.39 is 0 Å². The van der Waals surface area contributed by atoms with Crippen LogP contribution in [-0.4, -0.2) is 13.7 Å². The van der Waals surface area contributed by atoms with Crippen molar-refractivity contribution in [2.75, 3.05) is 19.0 Å². The summed E-state index contributed by atoms with van der Waals surface area (Å²) in [6.45, 7) is 1.04. The third-order valence-corrected chi connectivity index (χ3v) is 1.96. The van der Waals surface area contributed by atoms with Crippen LogP contribution in [0.2, 0.25) is 0 Å². The first-order chi connectivity index (χ1) is 5.42. The van der Waals surface area contributed by atoms with Gasteiger partial charge in [0.05, 0.1) is 18.4 Å². The van der Waals surface area contributed by atoms with Crippen LogP contribution in [-0.2, 0) is 6.42 Å². The highest BCUT2D eigenvalue weighted by atomic mass is 16.6. The summed E-state index contributed by atoms with van der Waals surface area (Å²) in [5.74, 6) is 0.659. The van der Waals surface area contributed by atoms with Gasteiger partial charge in [-0.25, -0.2) is 0 Å². The lowest BCUT2D eigenvalue weighted by atomic mass is 10.1. The third kappa shape index (κ3) is 0.964. The number of ether oxygens (including phenoxy) is 1. The molecule has 60 valence electrons. The summed E-state index contributed by atoms with van der Waals surface area (Å²) in [5, 5.41) is 3.24. The minimum atomic E-state index is 0.659. The lowest BCUT2D eigenvalue weighted by Crippen LogP contribution is -2.09. The summed E-state index contributed by atoms with van der Waals surface area (Å²) in [4.78, 5) is 0. The van der Waals surface area contributed by atoms with E-state index in [1.165, 1.54) is 5.56 Å². The second-order valence-electron chi connectivity index (χ2n) is 2.65. The zero-order valence-corrected chi connectivity index (χ0v) is 6.52. The molecule has 0 amide bonds. The number of hydrogen-bond acceptors (Lipinski definition) is 3. The molecule has 1 aromatic rings. The molecule has 1 N–H and O–H groups in total. The number of fused-ring (bicyclic) bond motifs is 1. The molecule has 1 aromatic heterocycles. The van der Waals surface area contributed by atoms with Gasteiger partial charge in [0.15, 0.2) is 0 Å². The third-order valence-electron chi connectivity index (χ3n) is 1.96. The molecular weight excluding hydrogens is 142 g/mol. The summed E-state index contributed by atoms with van der Waals surface area (Å²) < 4.78 is 10.2. The van der Waals surface area contributed by atoms with E-state index in [4.69, 9.17) is 9.15 Å². The van der Waals surface area contributed by atoms with Crippen molar-refractivity contribution >= 4 is 5.69 Å². The van der Waals surface area contributed by atoms with Gasteiger partial charge in [0.25, 0.3) is 5.95 Å². The minimum absolute atomic E-state index is 0.659. The Morgan fingerprint density at radius 1 is 1.64 bits per heavy atom. The summed E-state index contributed by atoms with van der Waals surface area (Å²) in [6.07, 6.45) is 3.93. The Hall–Kier alpha value is -1.12. The molecule has 2 heterocycles. The van der Waals surface area contributed by atoms with Crippen molar-refractivity contribution in [3.63, 3.8) is 0 Å². The van der Waals surface area contributed by atoms with Gasteiger partial charge in [0.2, 0.25) is 0 Å². The molecule has 0 spiro atoms. The number of nitrogens with one attached hydrogen (secondary N) is 1. The molecule has 2 rings (SSSR count). The Balaban J connectivity index is 2.38. The van der Waals surface area contributed by atoms with E-state index in [0.717, 1.165) is 25.1 Å². The molecule has 0 aromatic carbocycles. The Morgan fingerprint density at radius 3 is 3.36 bits per heavy atom. The van der Waals surface area contributed by atoms with Crippen LogP contribution >= 0.6 is 0 Å². The lowest BCUT2D eigenvalue weighted by Gasteiger charge is -2.12. The molecule has 3 heteroatoms. The van der Waals surface area contributed by atoms with E-state index in [1.807, 2.05) is 0 Å². The molecule has 0 fully saturated rings. The first kappa shape index (κ1) is 6.58. The molecule has 0 saturated carbocycles. The van der Waals surface area contributed by atoms with Gasteiger partial charge in [0, 0.05) is 6.54 Å².